The molecule has 23 heavy (non-hydrogen) atoms. The molecule has 1 aromatic heterocycles. The van der Waals surface area contributed by atoms with E-state index < -0.39 is 11.7 Å². The van der Waals surface area contributed by atoms with E-state index in [1.165, 1.54) is 15.8 Å². The highest BCUT2D eigenvalue weighted by Crippen LogP contribution is 2.40. The van der Waals surface area contributed by atoms with E-state index in [1.54, 1.807) is 7.05 Å². The molecule has 1 aliphatic rings. The van der Waals surface area contributed by atoms with Crippen molar-refractivity contribution in [3.05, 3.63) is 33.9 Å². The van der Waals surface area contributed by atoms with Crippen LogP contribution in [-0.4, -0.2) is 29.3 Å². The molecule has 1 aromatic carbocycles. The molecular formula is C13H9Cl2F3N4O. The number of hydrogen-bond donors (Lipinski definition) is 1. The number of anilines is 2. The van der Waals surface area contributed by atoms with Crippen molar-refractivity contribution in [1.29, 1.82) is 0 Å². The largest absolute Gasteiger partial charge is 0.416 e. The molecule has 0 spiro atoms. The second-order valence-electron chi connectivity index (χ2n) is 4.88. The van der Waals surface area contributed by atoms with Crippen molar-refractivity contribution in [3.8, 4) is 5.69 Å². The van der Waals surface area contributed by atoms with Crippen molar-refractivity contribution in [3.63, 3.8) is 0 Å². The summed E-state index contributed by atoms with van der Waals surface area (Å²) >= 11 is 12.0. The van der Waals surface area contributed by atoms with Crippen molar-refractivity contribution in [2.24, 2.45) is 0 Å². The van der Waals surface area contributed by atoms with Gasteiger partial charge in [-0.15, -0.1) is 0 Å². The molecule has 1 aliphatic heterocycles. The van der Waals surface area contributed by atoms with Crippen LogP contribution in [0.3, 0.4) is 0 Å². The van der Waals surface area contributed by atoms with E-state index in [-0.39, 0.29) is 28.2 Å². The lowest BCUT2D eigenvalue weighted by molar-refractivity contribution is -0.137. The quantitative estimate of drug-likeness (QED) is 0.841. The smallest absolute Gasteiger partial charge is 0.359 e. The summed E-state index contributed by atoms with van der Waals surface area (Å²) in [6.45, 7) is 0.0328. The zero-order chi connectivity index (χ0) is 16.9. The van der Waals surface area contributed by atoms with Crippen molar-refractivity contribution >= 4 is 40.6 Å². The molecule has 0 bridgehead atoms. The average Bonchev–Trinajstić information content (AvgIpc) is 2.86. The molecule has 0 saturated carbocycles. The van der Waals surface area contributed by atoms with E-state index in [1.807, 2.05) is 0 Å². The fraction of sp³-hybridized carbons (Fsp3) is 0.231. The number of halogens is 5. The molecule has 0 fully saturated rings. The number of rotatable bonds is 1. The lowest BCUT2D eigenvalue weighted by atomic mass is 10.2. The summed E-state index contributed by atoms with van der Waals surface area (Å²) in [6.07, 6.45) is -3.15. The monoisotopic (exact) mass is 364 g/mol. The molecule has 122 valence electrons. The second kappa shape index (κ2) is 5.31. The molecule has 2 aromatic rings. The third-order valence-electron chi connectivity index (χ3n) is 3.45. The van der Waals surface area contributed by atoms with E-state index in [0.29, 0.717) is 11.5 Å². The van der Waals surface area contributed by atoms with Gasteiger partial charge in [0.1, 0.15) is 11.4 Å². The first-order valence-corrected chi connectivity index (χ1v) is 7.11. The summed E-state index contributed by atoms with van der Waals surface area (Å²) < 4.78 is 39.7. The van der Waals surface area contributed by atoms with E-state index in [0.717, 1.165) is 12.1 Å². The van der Waals surface area contributed by atoms with Crippen molar-refractivity contribution in [1.82, 2.24) is 9.78 Å². The van der Waals surface area contributed by atoms with Crippen LogP contribution >= 0.6 is 23.2 Å². The molecule has 0 radical (unpaired) electrons. The minimum Gasteiger partial charge on any atom is -0.359 e. The Balaban J connectivity index is 2.14. The Labute approximate surface area is 138 Å². The molecule has 5 nitrogen and oxygen atoms in total. The molecule has 0 aliphatic carbocycles. The Morgan fingerprint density at radius 1 is 1.26 bits per heavy atom. The molecule has 10 heteroatoms. The number of benzene rings is 1. The molecule has 0 atom stereocenters. The second-order valence-corrected chi connectivity index (χ2v) is 5.70. The standard InChI is InChI=1S/C13H9Cl2F3N4O/c1-21-9-4-20-22(12(9)19-5-10(21)23)11-7(14)2-6(3-8(11)15)13(16,17)18/h2-4,19H,5H2,1H3. The van der Waals surface area contributed by atoms with Gasteiger partial charge in [-0.3, -0.25) is 4.79 Å². The van der Waals surface area contributed by atoms with Gasteiger partial charge in [0.2, 0.25) is 5.91 Å². The summed E-state index contributed by atoms with van der Waals surface area (Å²) in [6, 6.07) is 1.57. The van der Waals surface area contributed by atoms with Crippen LogP contribution in [0, 0.1) is 0 Å². The molecule has 0 unspecified atom stereocenters. The number of hydrogen-bond acceptors (Lipinski definition) is 3. The van der Waals surface area contributed by atoms with Gasteiger partial charge in [0.25, 0.3) is 0 Å². The average molecular weight is 365 g/mol. The van der Waals surface area contributed by atoms with Gasteiger partial charge < -0.3 is 10.2 Å². The number of carbonyl (C=O) groups excluding carboxylic acids is 1. The van der Waals surface area contributed by atoms with Crippen molar-refractivity contribution in [2.75, 3.05) is 23.8 Å². The van der Waals surface area contributed by atoms with E-state index in [2.05, 4.69) is 10.4 Å². The van der Waals surface area contributed by atoms with E-state index >= 15 is 0 Å². The van der Waals surface area contributed by atoms with Gasteiger partial charge in [0.05, 0.1) is 28.4 Å². The number of amides is 1. The lowest BCUT2D eigenvalue weighted by Crippen LogP contribution is -2.36. The maximum atomic E-state index is 12.8. The molecule has 0 saturated heterocycles. The van der Waals surface area contributed by atoms with Crippen LogP contribution in [0.5, 0.6) is 0 Å². The van der Waals surface area contributed by atoms with Crippen LogP contribution in [0.4, 0.5) is 24.7 Å². The summed E-state index contributed by atoms with van der Waals surface area (Å²) in [5.74, 6) is 0.261. The Hall–Kier alpha value is -1.93. The van der Waals surface area contributed by atoms with Crippen LogP contribution < -0.4 is 10.2 Å². The van der Waals surface area contributed by atoms with Crippen LogP contribution in [0.1, 0.15) is 5.56 Å². The zero-order valence-corrected chi connectivity index (χ0v) is 13.1. The minimum absolute atomic E-state index is 0.0328. The third kappa shape index (κ3) is 2.61. The molecule has 1 amide bonds. The van der Waals surface area contributed by atoms with Crippen molar-refractivity contribution < 1.29 is 18.0 Å². The number of nitrogens with zero attached hydrogens (tertiary/aromatic N) is 3. The van der Waals surface area contributed by atoms with Gasteiger partial charge in [-0.05, 0) is 12.1 Å². The molecule has 2 heterocycles. The van der Waals surface area contributed by atoms with Gasteiger partial charge in [-0.2, -0.15) is 18.3 Å². The van der Waals surface area contributed by atoms with Crippen molar-refractivity contribution in [2.45, 2.75) is 6.18 Å². The fourth-order valence-corrected chi connectivity index (χ4v) is 2.91. The van der Waals surface area contributed by atoms with Crippen LogP contribution in [0.2, 0.25) is 10.0 Å². The van der Waals surface area contributed by atoms with E-state index in [9.17, 15) is 18.0 Å². The molecular weight excluding hydrogens is 356 g/mol. The number of alkyl halides is 3. The number of aromatic nitrogens is 2. The van der Waals surface area contributed by atoms with Crippen LogP contribution in [0.25, 0.3) is 5.69 Å². The first-order chi connectivity index (χ1) is 10.7. The Morgan fingerprint density at radius 2 is 1.87 bits per heavy atom. The number of likely N-dealkylation sites (N-methyl/N-ethyl adjacent to an activating group) is 1. The molecule has 3 rings (SSSR count). The normalized spacial score (nSPS) is 14.7. The third-order valence-corrected chi connectivity index (χ3v) is 4.02. The Morgan fingerprint density at radius 3 is 2.43 bits per heavy atom. The number of carbonyl (C=O) groups is 1. The van der Waals surface area contributed by atoms with Crippen LogP contribution in [-0.2, 0) is 11.0 Å². The minimum atomic E-state index is -4.56. The molecule has 1 N–H and O–H groups in total. The summed E-state index contributed by atoms with van der Waals surface area (Å²) in [5.41, 5.74) is -0.358. The first-order valence-electron chi connectivity index (χ1n) is 6.35. The van der Waals surface area contributed by atoms with Gasteiger partial charge >= 0.3 is 6.18 Å². The number of nitrogens with one attached hydrogen (secondary N) is 1. The highest BCUT2D eigenvalue weighted by Gasteiger charge is 2.33. The highest BCUT2D eigenvalue weighted by molar-refractivity contribution is 6.38. The Kier molecular flexibility index (Phi) is 3.68. The maximum absolute atomic E-state index is 12.8. The first kappa shape index (κ1) is 15.9. The van der Waals surface area contributed by atoms with Gasteiger partial charge in [0, 0.05) is 7.05 Å². The predicted molar refractivity (Wildman–Crippen MR) is 80.5 cm³/mol. The Bertz CT molecular complexity index is 780. The highest BCUT2D eigenvalue weighted by atomic mass is 35.5. The summed E-state index contributed by atoms with van der Waals surface area (Å²) in [7, 11) is 1.57. The zero-order valence-electron chi connectivity index (χ0n) is 11.6. The topological polar surface area (TPSA) is 50.2 Å². The summed E-state index contributed by atoms with van der Waals surface area (Å²) in [4.78, 5) is 13.0. The number of fused-ring (bicyclic) bond motifs is 1. The fourth-order valence-electron chi connectivity index (χ4n) is 2.26. The summed E-state index contributed by atoms with van der Waals surface area (Å²) in [5, 5.41) is 6.54. The van der Waals surface area contributed by atoms with Crippen LogP contribution in [0.15, 0.2) is 18.3 Å². The van der Waals surface area contributed by atoms with Gasteiger partial charge in [0.15, 0.2) is 5.82 Å². The lowest BCUT2D eigenvalue weighted by Gasteiger charge is -2.24. The SMILES string of the molecule is CN1C(=O)CNc2c1cnn2-c1c(Cl)cc(C(F)(F)F)cc1Cl. The maximum Gasteiger partial charge on any atom is 0.416 e. The predicted octanol–water partition coefficient (Wildman–Crippen LogP) is 3.59. The van der Waals surface area contributed by atoms with Gasteiger partial charge in [-0.1, -0.05) is 23.2 Å². The van der Waals surface area contributed by atoms with Gasteiger partial charge in [-0.25, -0.2) is 4.68 Å². The van der Waals surface area contributed by atoms with E-state index in [4.69, 9.17) is 23.2 Å².